The minimum absolute atomic E-state index is 0.124. The molecule has 1 aliphatic carbocycles. The van der Waals surface area contributed by atoms with Gasteiger partial charge in [0.2, 0.25) is 5.78 Å². The van der Waals surface area contributed by atoms with E-state index in [9.17, 15) is 4.79 Å². The Hall–Kier alpha value is -3.60. The Morgan fingerprint density at radius 1 is 0.931 bits per heavy atom. The number of benzene rings is 1. The lowest BCUT2D eigenvalue weighted by Gasteiger charge is -2.23. The lowest BCUT2D eigenvalue weighted by atomic mass is 9.84. The van der Waals surface area contributed by atoms with Gasteiger partial charge in [0.1, 0.15) is 11.4 Å². The summed E-state index contributed by atoms with van der Waals surface area (Å²) in [5.74, 6) is -0.124. The van der Waals surface area contributed by atoms with Crippen molar-refractivity contribution in [2.75, 3.05) is 11.9 Å². The topological polar surface area (TPSA) is 58.5 Å². The number of Topliss-reactive ketones (excluding diaryl/α,β-unsaturated/α-hetero) is 1. The third-order valence-corrected chi connectivity index (χ3v) is 5.81. The number of hydrogen-bond donors (Lipinski definition) is 0. The van der Waals surface area contributed by atoms with E-state index < -0.39 is 0 Å². The second-order valence-corrected chi connectivity index (χ2v) is 7.82. The van der Waals surface area contributed by atoms with E-state index in [0.29, 0.717) is 22.7 Å². The number of aliphatic imine (C=N–C) groups is 1. The lowest BCUT2D eigenvalue weighted by molar-refractivity contribution is 0.106. The highest BCUT2D eigenvalue weighted by atomic mass is 16.1. The molecule has 0 spiro atoms. The quantitative estimate of drug-likeness (QED) is 0.628. The smallest absolute Gasteiger partial charge is 0.214 e. The number of pyridine rings is 2. The van der Waals surface area contributed by atoms with Gasteiger partial charge in [-0.15, -0.1) is 0 Å². The Labute approximate surface area is 169 Å². The van der Waals surface area contributed by atoms with Crippen LogP contribution in [0.1, 0.15) is 35.3 Å². The minimum atomic E-state index is -0.204. The molecular weight excluding hydrogens is 360 g/mol. The first-order valence-corrected chi connectivity index (χ1v) is 9.57. The largest absolute Gasteiger partial charge is 0.346 e. The van der Waals surface area contributed by atoms with Crippen molar-refractivity contribution in [1.29, 1.82) is 0 Å². The van der Waals surface area contributed by atoms with Crippen LogP contribution in [0.3, 0.4) is 0 Å². The molecular formula is C24H20N4O. The summed E-state index contributed by atoms with van der Waals surface area (Å²) >= 11 is 0. The average Bonchev–Trinajstić information content (AvgIpc) is 2.94. The molecule has 0 bridgehead atoms. The number of rotatable bonds is 1. The summed E-state index contributed by atoms with van der Waals surface area (Å²) in [4.78, 5) is 28.9. The van der Waals surface area contributed by atoms with Gasteiger partial charge in [-0.3, -0.25) is 19.8 Å². The molecule has 3 aromatic rings. The Balaban J connectivity index is 1.67. The molecule has 142 valence electrons. The summed E-state index contributed by atoms with van der Waals surface area (Å²) in [6, 6.07) is 15.6. The molecule has 0 saturated heterocycles. The third-order valence-electron chi connectivity index (χ3n) is 5.81. The van der Waals surface area contributed by atoms with Gasteiger partial charge >= 0.3 is 0 Å². The number of hydrogen-bond acceptors (Lipinski definition) is 5. The zero-order chi connectivity index (χ0) is 20.2. The Bertz CT molecular complexity index is 1220. The van der Waals surface area contributed by atoms with Gasteiger partial charge in [0, 0.05) is 48.0 Å². The summed E-state index contributed by atoms with van der Waals surface area (Å²) < 4.78 is 0. The molecule has 2 aliphatic rings. The first-order chi connectivity index (χ1) is 14.0. The summed E-state index contributed by atoms with van der Waals surface area (Å²) in [6.07, 6.45) is 5.22. The van der Waals surface area contributed by atoms with Crippen molar-refractivity contribution in [3.8, 4) is 11.4 Å². The Morgan fingerprint density at radius 3 is 2.31 bits per heavy atom. The number of aromatic nitrogens is 2. The van der Waals surface area contributed by atoms with E-state index in [1.807, 2.05) is 31.4 Å². The van der Waals surface area contributed by atoms with Gasteiger partial charge < -0.3 is 4.90 Å². The van der Waals surface area contributed by atoms with Gasteiger partial charge in [-0.05, 0) is 35.9 Å². The fraction of sp³-hybridized carbons (Fsp3) is 0.167. The van der Waals surface area contributed by atoms with Gasteiger partial charge in [0.15, 0.2) is 0 Å². The zero-order valence-corrected chi connectivity index (χ0v) is 16.5. The third kappa shape index (κ3) is 2.47. The van der Waals surface area contributed by atoms with Crippen LogP contribution in [0, 0.1) is 0 Å². The fourth-order valence-electron chi connectivity index (χ4n) is 4.30. The predicted octanol–water partition coefficient (Wildman–Crippen LogP) is 4.40. The summed E-state index contributed by atoms with van der Waals surface area (Å²) in [5.41, 5.74) is 6.23. The van der Waals surface area contributed by atoms with Gasteiger partial charge in [-0.25, -0.2) is 0 Å². The standard InChI is InChI=1S/C24H20N4O/c1-24(2)17-10-4-5-11-18(17)28(3)19(24)14-27-22-15-8-6-12-25-20(15)21-16(23(22)29)9-7-13-26-21/h4-14H,1-3H3/b19-14+,27-22?. The van der Waals surface area contributed by atoms with Crippen molar-refractivity contribution in [3.05, 3.63) is 89.5 Å². The van der Waals surface area contributed by atoms with Crippen molar-refractivity contribution >= 4 is 17.2 Å². The van der Waals surface area contributed by atoms with E-state index in [4.69, 9.17) is 4.99 Å². The molecule has 29 heavy (non-hydrogen) atoms. The van der Waals surface area contributed by atoms with Gasteiger partial charge in [0.25, 0.3) is 0 Å². The summed E-state index contributed by atoms with van der Waals surface area (Å²) in [6.45, 7) is 4.36. The number of carbonyl (C=O) groups excluding carboxylic acids is 1. The molecule has 2 aromatic heterocycles. The van der Waals surface area contributed by atoms with Crippen LogP contribution in [-0.4, -0.2) is 28.5 Å². The van der Waals surface area contributed by atoms with Gasteiger partial charge in [-0.1, -0.05) is 32.0 Å². The van der Waals surface area contributed by atoms with Gasteiger partial charge in [0.05, 0.1) is 11.3 Å². The number of anilines is 1. The van der Waals surface area contributed by atoms with E-state index in [1.165, 1.54) is 5.56 Å². The highest BCUT2D eigenvalue weighted by Crippen LogP contribution is 2.46. The first kappa shape index (κ1) is 17.5. The molecule has 5 heteroatoms. The molecule has 0 unspecified atom stereocenters. The molecule has 0 amide bonds. The van der Waals surface area contributed by atoms with Crippen molar-refractivity contribution in [1.82, 2.24) is 9.97 Å². The van der Waals surface area contributed by atoms with Crippen LogP contribution in [0.4, 0.5) is 5.69 Å². The van der Waals surface area contributed by atoms with E-state index in [1.54, 1.807) is 24.5 Å². The molecule has 3 heterocycles. The van der Waals surface area contributed by atoms with Crippen LogP contribution >= 0.6 is 0 Å². The Morgan fingerprint density at radius 2 is 1.59 bits per heavy atom. The number of ketones is 1. The Kier molecular flexibility index (Phi) is 3.74. The maximum Gasteiger partial charge on any atom is 0.214 e. The highest BCUT2D eigenvalue weighted by Gasteiger charge is 2.38. The number of fused-ring (bicyclic) bond motifs is 4. The average molecular weight is 380 g/mol. The number of allylic oxidation sites excluding steroid dienone is 1. The van der Waals surface area contributed by atoms with Gasteiger partial charge in [-0.2, -0.15) is 0 Å². The lowest BCUT2D eigenvalue weighted by Crippen LogP contribution is -2.25. The van der Waals surface area contributed by atoms with E-state index in [-0.39, 0.29) is 11.2 Å². The first-order valence-electron chi connectivity index (χ1n) is 9.57. The van der Waals surface area contributed by atoms with Crippen molar-refractivity contribution < 1.29 is 4.79 Å². The van der Waals surface area contributed by atoms with E-state index >= 15 is 0 Å². The maximum atomic E-state index is 13.2. The SMILES string of the molecule is CN1/C(=C/N=C2C(=O)c3cccnc3-c3ncccc32)C(C)(C)c2ccccc21. The zero-order valence-electron chi connectivity index (χ0n) is 16.5. The number of nitrogens with zero attached hydrogens (tertiary/aromatic N) is 4. The van der Waals surface area contributed by atoms with Crippen LogP contribution in [-0.2, 0) is 5.41 Å². The van der Waals surface area contributed by atoms with Crippen LogP contribution < -0.4 is 4.90 Å². The number of likely N-dealkylation sites (N-methyl/N-ethyl adjacent to an activating group) is 1. The van der Waals surface area contributed by atoms with E-state index in [2.05, 4.69) is 46.9 Å². The predicted molar refractivity (Wildman–Crippen MR) is 114 cm³/mol. The molecule has 0 radical (unpaired) electrons. The van der Waals surface area contributed by atoms with Crippen LogP contribution in [0.25, 0.3) is 11.4 Å². The molecule has 1 aromatic carbocycles. The number of carbonyl (C=O) groups is 1. The fourth-order valence-corrected chi connectivity index (χ4v) is 4.30. The number of para-hydroxylation sites is 1. The minimum Gasteiger partial charge on any atom is -0.346 e. The molecule has 0 saturated carbocycles. The van der Waals surface area contributed by atoms with Crippen molar-refractivity contribution in [2.24, 2.45) is 4.99 Å². The molecule has 0 fully saturated rings. The normalized spacial score (nSPS) is 19.3. The molecule has 0 atom stereocenters. The van der Waals surface area contributed by atoms with E-state index in [0.717, 1.165) is 16.9 Å². The second-order valence-electron chi connectivity index (χ2n) is 7.82. The molecule has 5 nitrogen and oxygen atoms in total. The maximum absolute atomic E-state index is 13.2. The highest BCUT2D eigenvalue weighted by molar-refractivity contribution is 6.54. The second kappa shape index (κ2) is 6.21. The molecule has 0 N–H and O–H groups in total. The monoisotopic (exact) mass is 380 g/mol. The van der Waals surface area contributed by atoms with Crippen LogP contribution in [0.2, 0.25) is 0 Å². The van der Waals surface area contributed by atoms with Crippen molar-refractivity contribution in [2.45, 2.75) is 19.3 Å². The molecule has 5 rings (SSSR count). The molecule has 1 aliphatic heterocycles. The van der Waals surface area contributed by atoms with Crippen molar-refractivity contribution in [3.63, 3.8) is 0 Å². The van der Waals surface area contributed by atoms with Crippen LogP contribution in [0.15, 0.2) is 77.8 Å². The summed E-state index contributed by atoms with van der Waals surface area (Å²) in [7, 11) is 2.04. The van der Waals surface area contributed by atoms with Crippen LogP contribution in [0.5, 0.6) is 0 Å². The summed E-state index contributed by atoms with van der Waals surface area (Å²) in [5, 5.41) is 0.